The smallest absolute Gasteiger partial charge is 0.243 e. The Morgan fingerprint density at radius 2 is 2.00 bits per heavy atom. The molecule has 5 nitrogen and oxygen atoms in total. The number of fused-ring (bicyclic) bond motifs is 1. The Balaban J connectivity index is 2.12. The van der Waals surface area contributed by atoms with Crippen molar-refractivity contribution in [3.63, 3.8) is 0 Å². The van der Waals surface area contributed by atoms with Crippen LogP contribution in [-0.2, 0) is 10.0 Å². The largest absolute Gasteiger partial charge is 0.315 e. The third-order valence-corrected chi connectivity index (χ3v) is 5.84. The fourth-order valence-electron chi connectivity index (χ4n) is 2.74. The van der Waals surface area contributed by atoms with E-state index in [-0.39, 0.29) is 0 Å². The van der Waals surface area contributed by atoms with Crippen LogP contribution in [0.1, 0.15) is 12.0 Å². The number of hydrogen-bond donors (Lipinski definition) is 1. The summed E-state index contributed by atoms with van der Waals surface area (Å²) in [5.41, 5.74) is 0.988. The van der Waals surface area contributed by atoms with Crippen LogP contribution in [0.3, 0.4) is 0 Å². The number of nitrogens with one attached hydrogen (secondary N) is 1. The molecule has 0 spiro atoms. The topological polar surface area (TPSA) is 62.3 Å². The third kappa shape index (κ3) is 2.66. The van der Waals surface area contributed by atoms with Crippen LogP contribution in [-0.4, -0.2) is 43.9 Å². The molecule has 0 amide bonds. The first-order valence-electron chi connectivity index (χ1n) is 7.15. The molecule has 3 rings (SSSR count). The summed E-state index contributed by atoms with van der Waals surface area (Å²) < 4.78 is 27.4. The molecular formula is C15H19N3O2S. The predicted octanol–water partition coefficient (Wildman–Crippen LogP) is 1.53. The van der Waals surface area contributed by atoms with Crippen LogP contribution < -0.4 is 5.32 Å². The average Bonchev–Trinajstić information content (AvgIpc) is 2.77. The summed E-state index contributed by atoms with van der Waals surface area (Å²) in [6, 6.07) is 5.42. The first-order chi connectivity index (χ1) is 10.1. The molecule has 2 aromatic rings. The second-order valence-electron chi connectivity index (χ2n) is 5.32. The first-order valence-corrected chi connectivity index (χ1v) is 8.59. The number of pyridine rings is 1. The molecule has 0 bridgehead atoms. The van der Waals surface area contributed by atoms with Crippen LogP contribution in [0, 0.1) is 6.92 Å². The van der Waals surface area contributed by atoms with Crippen molar-refractivity contribution in [2.24, 2.45) is 0 Å². The van der Waals surface area contributed by atoms with Crippen LogP contribution in [0.25, 0.3) is 10.8 Å². The molecule has 112 valence electrons. The van der Waals surface area contributed by atoms with E-state index in [0.717, 1.165) is 23.9 Å². The summed E-state index contributed by atoms with van der Waals surface area (Å²) in [6.45, 7) is 4.58. The lowest BCUT2D eigenvalue weighted by atomic mass is 10.1. The molecule has 1 aromatic carbocycles. The summed E-state index contributed by atoms with van der Waals surface area (Å²) in [4.78, 5) is 4.51. The highest BCUT2D eigenvalue weighted by Crippen LogP contribution is 2.27. The molecular weight excluding hydrogens is 286 g/mol. The summed E-state index contributed by atoms with van der Waals surface area (Å²) in [5.74, 6) is 0. The van der Waals surface area contributed by atoms with Gasteiger partial charge in [-0.05, 0) is 36.9 Å². The number of rotatable bonds is 2. The van der Waals surface area contributed by atoms with Crippen LogP contribution in [0.4, 0.5) is 0 Å². The minimum Gasteiger partial charge on any atom is -0.315 e. The summed E-state index contributed by atoms with van der Waals surface area (Å²) in [7, 11) is -3.48. The molecule has 1 fully saturated rings. The highest BCUT2D eigenvalue weighted by atomic mass is 32.2. The number of aryl methyl sites for hydroxylation is 1. The van der Waals surface area contributed by atoms with Gasteiger partial charge in [0.05, 0.1) is 4.90 Å². The lowest BCUT2D eigenvalue weighted by Crippen LogP contribution is -2.34. The lowest BCUT2D eigenvalue weighted by Gasteiger charge is -2.20. The summed E-state index contributed by atoms with van der Waals surface area (Å²) in [5, 5.41) is 4.88. The molecule has 0 unspecified atom stereocenters. The van der Waals surface area contributed by atoms with E-state index in [4.69, 9.17) is 0 Å². The van der Waals surface area contributed by atoms with Gasteiger partial charge in [-0.25, -0.2) is 8.42 Å². The van der Waals surface area contributed by atoms with Crippen molar-refractivity contribution >= 4 is 20.8 Å². The first kappa shape index (κ1) is 14.4. The number of hydrogen-bond acceptors (Lipinski definition) is 4. The molecule has 2 heterocycles. The van der Waals surface area contributed by atoms with Crippen molar-refractivity contribution < 1.29 is 8.42 Å². The monoisotopic (exact) mass is 305 g/mol. The van der Waals surface area contributed by atoms with Gasteiger partial charge in [0, 0.05) is 37.4 Å². The van der Waals surface area contributed by atoms with Crippen LogP contribution in [0.2, 0.25) is 0 Å². The van der Waals surface area contributed by atoms with Crippen LogP contribution in [0.15, 0.2) is 35.5 Å². The van der Waals surface area contributed by atoms with Gasteiger partial charge in [-0.15, -0.1) is 0 Å². The second-order valence-corrected chi connectivity index (χ2v) is 7.22. The maximum absolute atomic E-state index is 12.9. The molecule has 1 aliphatic heterocycles. The van der Waals surface area contributed by atoms with Gasteiger partial charge in [0.2, 0.25) is 10.0 Å². The molecule has 1 N–H and O–H groups in total. The van der Waals surface area contributed by atoms with Crippen molar-refractivity contribution in [1.29, 1.82) is 0 Å². The van der Waals surface area contributed by atoms with Gasteiger partial charge in [-0.3, -0.25) is 4.98 Å². The van der Waals surface area contributed by atoms with Crippen molar-refractivity contribution in [2.75, 3.05) is 26.2 Å². The molecule has 21 heavy (non-hydrogen) atoms. The predicted molar refractivity (Wildman–Crippen MR) is 82.7 cm³/mol. The molecule has 0 aliphatic carbocycles. The van der Waals surface area contributed by atoms with Crippen molar-refractivity contribution in [3.05, 3.63) is 36.2 Å². The van der Waals surface area contributed by atoms with Crippen molar-refractivity contribution in [1.82, 2.24) is 14.6 Å². The van der Waals surface area contributed by atoms with E-state index in [2.05, 4.69) is 10.3 Å². The number of sulfonamides is 1. The van der Waals surface area contributed by atoms with E-state index in [1.807, 2.05) is 13.0 Å². The van der Waals surface area contributed by atoms with E-state index in [1.165, 1.54) is 0 Å². The maximum Gasteiger partial charge on any atom is 0.243 e. The number of aromatic nitrogens is 1. The summed E-state index contributed by atoms with van der Waals surface area (Å²) in [6.07, 6.45) is 4.24. The average molecular weight is 305 g/mol. The number of benzene rings is 1. The number of nitrogens with zero attached hydrogens (tertiary/aromatic N) is 2. The third-order valence-electron chi connectivity index (χ3n) is 3.88. The molecule has 1 aromatic heterocycles. The van der Waals surface area contributed by atoms with Crippen molar-refractivity contribution in [2.45, 2.75) is 18.2 Å². The minimum absolute atomic E-state index is 0.359. The minimum atomic E-state index is -3.48. The molecule has 1 saturated heterocycles. The van der Waals surface area contributed by atoms with Crippen molar-refractivity contribution in [3.8, 4) is 0 Å². The summed E-state index contributed by atoms with van der Waals surface area (Å²) >= 11 is 0. The molecule has 0 radical (unpaired) electrons. The molecule has 0 saturated carbocycles. The fourth-order valence-corrected chi connectivity index (χ4v) is 4.41. The van der Waals surface area contributed by atoms with E-state index in [0.29, 0.717) is 29.9 Å². The molecule has 0 atom stereocenters. The van der Waals surface area contributed by atoms with E-state index in [9.17, 15) is 8.42 Å². The van der Waals surface area contributed by atoms with Gasteiger partial charge < -0.3 is 5.32 Å². The van der Waals surface area contributed by atoms with Gasteiger partial charge in [0.25, 0.3) is 0 Å². The Morgan fingerprint density at radius 3 is 2.86 bits per heavy atom. The SMILES string of the molecule is Cc1cncc2c(S(=O)(=O)N3CCCNCC3)cccc12. The van der Waals surface area contributed by atoms with E-state index < -0.39 is 10.0 Å². The Bertz CT molecular complexity index is 751. The van der Waals surface area contributed by atoms with Gasteiger partial charge in [-0.1, -0.05) is 12.1 Å². The molecule has 6 heteroatoms. The normalized spacial score (nSPS) is 17.8. The zero-order valence-corrected chi connectivity index (χ0v) is 12.9. The van der Waals surface area contributed by atoms with Gasteiger partial charge in [0.1, 0.15) is 0 Å². The maximum atomic E-state index is 12.9. The second kappa shape index (κ2) is 5.71. The Kier molecular flexibility index (Phi) is 3.93. The Hall–Kier alpha value is -1.50. The van der Waals surface area contributed by atoms with Gasteiger partial charge in [0.15, 0.2) is 0 Å². The zero-order chi connectivity index (χ0) is 14.9. The molecule has 1 aliphatic rings. The Labute approximate surface area is 125 Å². The van der Waals surface area contributed by atoms with Gasteiger partial charge >= 0.3 is 0 Å². The van der Waals surface area contributed by atoms with E-state index in [1.54, 1.807) is 28.8 Å². The quantitative estimate of drug-likeness (QED) is 0.914. The highest BCUT2D eigenvalue weighted by Gasteiger charge is 2.26. The lowest BCUT2D eigenvalue weighted by molar-refractivity contribution is 0.432. The Morgan fingerprint density at radius 1 is 1.14 bits per heavy atom. The van der Waals surface area contributed by atoms with Crippen LogP contribution >= 0.6 is 0 Å². The standard InChI is InChI=1S/C15H19N3O2S/c1-12-10-17-11-14-13(12)4-2-5-15(14)21(19,20)18-8-3-6-16-7-9-18/h2,4-5,10-11,16H,3,6-9H2,1H3. The highest BCUT2D eigenvalue weighted by molar-refractivity contribution is 7.89. The zero-order valence-electron chi connectivity index (χ0n) is 12.0. The van der Waals surface area contributed by atoms with Crippen LogP contribution in [0.5, 0.6) is 0 Å². The van der Waals surface area contributed by atoms with E-state index >= 15 is 0 Å². The van der Waals surface area contributed by atoms with Gasteiger partial charge in [-0.2, -0.15) is 4.31 Å². The fraction of sp³-hybridized carbons (Fsp3) is 0.400.